The van der Waals surface area contributed by atoms with Gasteiger partial charge in [-0.25, -0.2) is 28.1 Å². The van der Waals surface area contributed by atoms with E-state index in [-0.39, 0.29) is 5.75 Å². The minimum absolute atomic E-state index is 0.0425. The average molecular weight is 305 g/mol. The third-order valence-corrected chi connectivity index (χ3v) is 4.30. The van der Waals surface area contributed by atoms with Gasteiger partial charge in [-0.1, -0.05) is 0 Å². The zero-order valence-electron chi connectivity index (χ0n) is 13.5. The molecular formula is C15H19N3O4. The second-order valence-corrected chi connectivity index (χ2v) is 5.50. The summed E-state index contributed by atoms with van der Waals surface area (Å²) in [6.45, 7) is 7.00. The van der Waals surface area contributed by atoms with E-state index in [0.29, 0.717) is 22.4 Å². The third-order valence-electron chi connectivity index (χ3n) is 4.30. The molecule has 118 valence electrons. The number of phenols is 1. The first-order valence-electron chi connectivity index (χ1n) is 6.80. The fraction of sp³-hybridized carbons (Fsp3) is 0.400. The molecule has 7 nitrogen and oxygen atoms in total. The maximum absolute atomic E-state index is 12.4. The van der Waals surface area contributed by atoms with Crippen LogP contribution < -0.4 is 17.1 Å². The average Bonchev–Trinajstić information content (AvgIpc) is 2.50. The topological polar surface area (TPSA) is 86.2 Å². The summed E-state index contributed by atoms with van der Waals surface area (Å²) in [6.07, 6.45) is 0. The molecule has 1 aromatic heterocycles. The van der Waals surface area contributed by atoms with Crippen LogP contribution in [0.1, 0.15) is 22.3 Å². The highest BCUT2D eigenvalue weighted by Crippen LogP contribution is 2.32. The van der Waals surface area contributed by atoms with E-state index in [4.69, 9.17) is 0 Å². The molecular weight excluding hydrogens is 286 g/mol. The van der Waals surface area contributed by atoms with Crippen molar-refractivity contribution in [2.45, 2.75) is 27.7 Å². The molecule has 0 bridgehead atoms. The molecule has 0 aliphatic heterocycles. The molecule has 22 heavy (non-hydrogen) atoms. The summed E-state index contributed by atoms with van der Waals surface area (Å²) in [6, 6.07) is 0. The molecule has 0 atom stereocenters. The summed E-state index contributed by atoms with van der Waals surface area (Å²) in [7, 11) is 2.62. The Labute approximate surface area is 126 Å². The van der Waals surface area contributed by atoms with E-state index in [2.05, 4.69) is 0 Å². The van der Waals surface area contributed by atoms with E-state index in [9.17, 15) is 19.5 Å². The molecule has 0 aliphatic carbocycles. The fourth-order valence-electron chi connectivity index (χ4n) is 2.61. The van der Waals surface area contributed by atoms with E-state index in [1.54, 1.807) is 20.8 Å². The van der Waals surface area contributed by atoms with Crippen LogP contribution in [0.3, 0.4) is 0 Å². The molecule has 1 aromatic carbocycles. The molecule has 2 rings (SSSR count). The highest BCUT2D eigenvalue weighted by Gasteiger charge is 2.20. The summed E-state index contributed by atoms with van der Waals surface area (Å²) in [5.41, 5.74) is 0.804. The van der Waals surface area contributed by atoms with E-state index < -0.39 is 17.1 Å². The van der Waals surface area contributed by atoms with Crippen molar-refractivity contribution in [3.05, 3.63) is 53.7 Å². The zero-order chi connectivity index (χ0) is 16.9. The van der Waals surface area contributed by atoms with Crippen LogP contribution in [0.5, 0.6) is 5.75 Å². The van der Waals surface area contributed by atoms with Crippen molar-refractivity contribution in [1.29, 1.82) is 0 Å². The predicted octanol–water partition coefficient (Wildman–Crippen LogP) is 0.174. The quantitative estimate of drug-likeness (QED) is 0.814. The van der Waals surface area contributed by atoms with Crippen LogP contribution in [0.25, 0.3) is 5.69 Å². The Balaban J connectivity index is 3.14. The van der Waals surface area contributed by atoms with Gasteiger partial charge in [0.1, 0.15) is 5.75 Å². The summed E-state index contributed by atoms with van der Waals surface area (Å²) in [5.74, 6) is 0.0425. The summed E-state index contributed by atoms with van der Waals surface area (Å²) >= 11 is 0. The highest BCUT2D eigenvalue weighted by molar-refractivity contribution is 5.60. The molecule has 2 aromatic rings. The maximum atomic E-state index is 12.4. The second-order valence-electron chi connectivity index (χ2n) is 5.50. The number of benzene rings is 1. The van der Waals surface area contributed by atoms with Crippen LogP contribution in [0.15, 0.2) is 14.4 Å². The van der Waals surface area contributed by atoms with Crippen LogP contribution in [0.4, 0.5) is 0 Å². The van der Waals surface area contributed by atoms with Gasteiger partial charge in [0.05, 0.1) is 5.69 Å². The van der Waals surface area contributed by atoms with Gasteiger partial charge in [0.25, 0.3) is 0 Å². The maximum Gasteiger partial charge on any atom is 0.340 e. The first-order valence-corrected chi connectivity index (χ1v) is 6.80. The normalized spacial score (nSPS) is 11.0. The van der Waals surface area contributed by atoms with E-state index in [0.717, 1.165) is 19.3 Å². The number of hydrogen-bond donors (Lipinski definition) is 1. The number of phenolic OH excluding ortho intramolecular Hbond substituents is 1. The van der Waals surface area contributed by atoms with Gasteiger partial charge in [-0.3, -0.25) is 0 Å². The Hall–Kier alpha value is -2.57. The van der Waals surface area contributed by atoms with Gasteiger partial charge in [0.2, 0.25) is 0 Å². The van der Waals surface area contributed by atoms with Crippen molar-refractivity contribution in [3.63, 3.8) is 0 Å². The van der Waals surface area contributed by atoms with E-state index in [1.165, 1.54) is 14.1 Å². The molecule has 0 amide bonds. The van der Waals surface area contributed by atoms with Gasteiger partial charge >= 0.3 is 17.1 Å². The number of nitrogens with zero attached hydrogens (tertiary/aromatic N) is 3. The molecule has 1 N–H and O–H groups in total. The fourth-order valence-corrected chi connectivity index (χ4v) is 2.61. The first kappa shape index (κ1) is 15.8. The van der Waals surface area contributed by atoms with E-state index in [1.807, 2.05) is 6.92 Å². The number of aromatic nitrogens is 3. The second kappa shape index (κ2) is 5.01. The van der Waals surface area contributed by atoms with Gasteiger partial charge < -0.3 is 5.11 Å². The number of aromatic hydroxyl groups is 1. The molecule has 0 fully saturated rings. The monoisotopic (exact) mass is 305 g/mol. The highest BCUT2D eigenvalue weighted by atomic mass is 16.3. The van der Waals surface area contributed by atoms with Crippen molar-refractivity contribution in [3.8, 4) is 11.4 Å². The summed E-state index contributed by atoms with van der Waals surface area (Å²) in [4.78, 5) is 36.6. The van der Waals surface area contributed by atoms with Crippen LogP contribution in [-0.2, 0) is 14.1 Å². The van der Waals surface area contributed by atoms with Crippen LogP contribution >= 0.6 is 0 Å². The first-order chi connectivity index (χ1) is 10.1. The molecule has 7 heteroatoms. The minimum Gasteiger partial charge on any atom is -0.507 e. The number of rotatable bonds is 1. The Morgan fingerprint density at radius 1 is 0.682 bits per heavy atom. The zero-order valence-corrected chi connectivity index (χ0v) is 13.5. The lowest BCUT2D eigenvalue weighted by Crippen LogP contribution is -2.52. The smallest absolute Gasteiger partial charge is 0.340 e. The Bertz CT molecular complexity index is 891. The third kappa shape index (κ3) is 1.93. The largest absolute Gasteiger partial charge is 0.507 e. The van der Waals surface area contributed by atoms with Crippen LogP contribution in [0.2, 0.25) is 0 Å². The Morgan fingerprint density at radius 2 is 1.14 bits per heavy atom. The van der Waals surface area contributed by atoms with Crippen LogP contribution in [-0.4, -0.2) is 18.8 Å². The summed E-state index contributed by atoms with van der Waals surface area (Å²) < 4.78 is 2.66. The molecule has 0 saturated carbocycles. The van der Waals surface area contributed by atoms with Gasteiger partial charge in [-0.05, 0) is 44.4 Å². The molecule has 0 saturated heterocycles. The molecule has 0 unspecified atom stereocenters. The van der Waals surface area contributed by atoms with Gasteiger partial charge in [-0.2, -0.15) is 0 Å². The molecule has 1 heterocycles. The lowest BCUT2D eigenvalue weighted by Gasteiger charge is -2.18. The molecule has 0 aliphatic rings. The molecule has 0 spiro atoms. The van der Waals surface area contributed by atoms with Gasteiger partial charge in [-0.15, -0.1) is 0 Å². The van der Waals surface area contributed by atoms with Gasteiger partial charge in [0.15, 0.2) is 0 Å². The lowest BCUT2D eigenvalue weighted by molar-refractivity contribution is 0.464. The van der Waals surface area contributed by atoms with Crippen LogP contribution in [0, 0.1) is 27.7 Å². The number of hydrogen-bond acceptors (Lipinski definition) is 4. The molecule has 0 radical (unpaired) electrons. The van der Waals surface area contributed by atoms with Crippen molar-refractivity contribution >= 4 is 0 Å². The van der Waals surface area contributed by atoms with Crippen molar-refractivity contribution in [2.75, 3.05) is 0 Å². The van der Waals surface area contributed by atoms with Crippen molar-refractivity contribution in [2.24, 2.45) is 14.1 Å². The van der Waals surface area contributed by atoms with E-state index >= 15 is 0 Å². The van der Waals surface area contributed by atoms with Crippen molar-refractivity contribution in [1.82, 2.24) is 13.7 Å². The Kier molecular flexibility index (Phi) is 3.60. The van der Waals surface area contributed by atoms with Crippen molar-refractivity contribution < 1.29 is 5.11 Å². The lowest BCUT2D eigenvalue weighted by atomic mass is 9.97. The summed E-state index contributed by atoms with van der Waals surface area (Å²) in [5, 5.41) is 10.2. The predicted molar refractivity (Wildman–Crippen MR) is 83.1 cm³/mol. The standard InChI is InChI=1S/C15H19N3O4/c1-7-8(2)11(10(4)12(19)9(7)3)18-14(21)16(5)13(20)17(6)15(18)22/h19H,1-6H3. The van der Waals surface area contributed by atoms with Gasteiger partial charge in [0, 0.05) is 19.7 Å². The SMILES string of the molecule is Cc1c(C)c(O)c(C)c(-n2c(=O)n(C)c(=O)n(C)c2=O)c1C. The Morgan fingerprint density at radius 3 is 1.59 bits per heavy atom. The minimum atomic E-state index is -0.734.